The molecule has 1 spiro atoms. The molecule has 0 atom stereocenters. The van der Waals surface area contributed by atoms with E-state index >= 15 is 0 Å². The first-order valence-corrected chi connectivity index (χ1v) is 10.7. The fourth-order valence-corrected chi connectivity index (χ4v) is 5.13. The molecule has 0 bridgehead atoms. The number of hydrogen-bond acceptors (Lipinski definition) is 4. The number of aryl methyl sites for hydroxylation is 1. The summed E-state index contributed by atoms with van der Waals surface area (Å²) in [6.07, 6.45) is 6.80. The summed E-state index contributed by atoms with van der Waals surface area (Å²) in [7, 11) is 1.90. The van der Waals surface area contributed by atoms with E-state index in [9.17, 15) is 9.59 Å². The van der Waals surface area contributed by atoms with E-state index in [0.29, 0.717) is 25.1 Å². The van der Waals surface area contributed by atoms with Gasteiger partial charge in [0.15, 0.2) is 5.78 Å². The third kappa shape index (κ3) is 2.95. The van der Waals surface area contributed by atoms with Crippen LogP contribution in [0.2, 0.25) is 0 Å². The molecule has 1 amide bonds. The van der Waals surface area contributed by atoms with Gasteiger partial charge in [-0.2, -0.15) is 10.2 Å². The van der Waals surface area contributed by atoms with Gasteiger partial charge in [-0.15, -0.1) is 0 Å². The van der Waals surface area contributed by atoms with Gasteiger partial charge in [0.2, 0.25) is 0 Å². The highest BCUT2D eigenvalue weighted by atomic mass is 16.2. The maximum absolute atomic E-state index is 13.1. The van der Waals surface area contributed by atoms with E-state index < -0.39 is 0 Å². The minimum Gasteiger partial charge on any atom is -0.339 e. The van der Waals surface area contributed by atoms with Crippen molar-refractivity contribution in [3.63, 3.8) is 0 Å². The first kappa shape index (κ1) is 19.0. The topological polar surface area (TPSA) is 73.0 Å². The van der Waals surface area contributed by atoms with Gasteiger partial charge in [0.25, 0.3) is 5.91 Å². The van der Waals surface area contributed by atoms with E-state index in [4.69, 9.17) is 0 Å². The second-order valence-electron chi connectivity index (χ2n) is 9.17. The Kier molecular flexibility index (Phi) is 4.31. The number of carbonyl (C=O) groups is 2. The van der Waals surface area contributed by atoms with Crippen LogP contribution in [0.4, 0.5) is 0 Å². The zero-order chi connectivity index (χ0) is 21.0. The molecule has 5 rings (SSSR count). The molecule has 0 saturated carbocycles. The lowest BCUT2D eigenvalue weighted by Crippen LogP contribution is -2.46. The van der Waals surface area contributed by atoms with Gasteiger partial charge in [-0.05, 0) is 56.7 Å². The highest BCUT2D eigenvalue weighted by Gasteiger charge is 2.43. The zero-order valence-electron chi connectivity index (χ0n) is 17.8. The molecule has 7 heteroatoms. The van der Waals surface area contributed by atoms with E-state index in [0.717, 1.165) is 41.4 Å². The van der Waals surface area contributed by atoms with Gasteiger partial charge in [-0.3, -0.25) is 19.0 Å². The molecule has 30 heavy (non-hydrogen) atoms. The fourth-order valence-electron chi connectivity index (χ4n) is 5.13. The van der Waals surface area contributed by atoms with Gasteiger partial charge in [-0.1, -0.05) is 0 Å². The number of fused-ring (bicyclic) bond motifs is 2. The summed E-state index contributed by atoms with van der Waals surface area (Å²) in [6, 6.07) is 5.94. The number of nitrogens with zero attached hydrogens (tertiary/aromatic N) is 5. The van der Waals surface area contributed by atoms with Gasteiger partial charge < -0.3 is 4.90 Å². The molecule has 0 unspecified atom stereocenters. The third-order valence-electron chi connectivity index (χ3n) is 6.83. The summed E-state index contributed by atoms with van der Waals surface area (Å²) >= 11 is 0. The van der Waals surface area contributed by atoms with Gasteiger partial charge in [0.05, 0.1) is 17.9 Å². The van der Waals surface area contributed by atoms with E-state index in [1.807, 2.05) is 45.7 Å². The van der Waals surface area contributed by atoms with E-state index in [1.54, 1.807) is 6.20 Å². The van der Waals surface area contributed by atoms with Crippen molar-refractivity contribution in [3.05, 3.63) is 47.4 Å². The standard InChI is InChI=1S/C23H27N5O2/c1-15(2)28-21-18(14-25-28)11-23(12-20(21)29)6-8-27(9-7-23)22(30)16-4-5-19-17(10-16)13-24-26(19)3/h4-5,10,13-15H,6-9,11-12H2,1-3H3. The quantitative estimate of drug-likeness (QED) is 0.655. The van der Waals surface area contributed by atoms with E-state index in [2.05, 4.69) is 24.0 Å². The Labute approximate surface area is 175 Å². The van der Waals surface area contributed by atoms with Crippen LogP contribution in [0.1, 0.15) is 65.6 Å². The largest absolute Gasteiger partial charge is 0.339 e. The first-order valence-electron chi connectivity index (χ1n) is 10.7. The normalized spacial score (nSPS) is 18.4. The number of Topliss-reactive ketones (excluding diaryl/α,β-unsaturated/α-hetero) is 1. The summed E-state index contributed by atoms with van der Waals surface area (Å²) in [4.78, 5) is 28.0. The Morgan fingerprint density at radius 3 is 2.60 bits per heavy atom. The van der Waals surface area contributed by atoms with Crippen molar-refractivity contribution < 1.29 is 9.59 Å². The number of carbonyl (C=O) groups excluding carboxylic acids is 2. The number of hydrogen-bond donors (Lipinski definition) is 0. The Hall–Kier alpha value is -2.96. The molecule has 156 valence electrons. The molecule has 0 radical (unpaired) electrons. The summed E-state index contributed by atoms with van der Waals surface area (Å²) in [5, 5.41) is 9.69. The number of ketones is 1. The average molecular weight is 406 g/mol. The summed E-state index contributed by atoms with van der Waals surface area (Å²) in [6.45, 7) is 5.48. The molecule has 1 aliphatic heterocycles. The second kappa shape index (κ2) is 6.79. The molecule has 2 aromatic heterocycles. The Balaban J connectivity index is 1.32. The van der Waals surface area contributed by atoms with Crippen LogP contribution >= 0.6 is 0 Å². The second-order valence-corrected chi connectivity index (χ2v) is 9.17. The number of likely N-dealkylation sites (tertiary alicyclic amines) is 1. The zero-order valence-corrected chi connectivity index (χ0v) is 17.8. The lowest BCUT2D eigenvalue weighted by Gasteiger charge is -2.43. The number of rotatable bonds is 2. The van der Waals surface area contributed by atoms with Crippen LogP contribution in [-0.4, -0.2) is 49.2 Å². The molecule has 1 fully saturated rings. The molecule has 1 aliphatic carbocycles. The molecular weight excluding hydrogens is 378 g/mol. The van der Waals surface area contributed by atoms with Crippen LogP contribution in [0.15, 0.2) is 30.6 Å². The monoisotopic (exact) mass is 405 g/mol. The Bertz CT molecular complexity index is 1150. The molecule has 7 nitrogen and oxygen atoms in total. The van der Waals surface area contributed by atoms with Crippen LogP contribution in [0.3, 0.4) is 0 Å². The lowest BCUT2D eigenvalue weighted by molar-refractivity contribution is 0.0517. The third-order valence-corrected chi connectivity index (χ3v) is 6.83. The summed E-state index contributed by atoms with van der Waals surface area (Å²) in [5.41, 5.74) is 3.54. The highest BCUT2D eigenvalue weighted by molar-refractivity contribution is 5.99. The van der Waals surface area contributed by atoms with Crippen LogP contribution in [0.25, 0.3) is 10.9 Å². The predicted octanol–water partition coefficient (Wildman–Crippen LogP) is 3.40. The molecule has 3 heterocycles. The van der Waals surface area contributed by atoms with Crippen molar-refractivity contribution in [2.24, 2.45) is 12.5 Å². The van der Waals surface area contributed by atoms with Crippen molar-refractivity contribution in [1.29, 1.82) is 0 Å². The number of piperidine rings is 1. The van der Waals surface area contributed by atoms with Crippen molar-refractivity contribution >= 4 is 22.6 Å². The number of amides is 1. The van der Waals surface area contributed by atoms with E-state index in [1.165, 1.54) is 0 Å². The maximum atomic E-state index is 13.1. The van der Waals surface area contributed by atoms with Crippen molar-refractivity contribution in [2.45, 2.75) is 45.6 Å². The number of aromatic nitrogens is 4. The van der Waals surface area contributed by atoms with Crippen LogP contribution in [0.5, 0.6) is 0 Å². The molecule has 1 saturated heterocycles. The molecule has 1 aromatic carbocycles. The van der Waals surface area contributed by atoms with Crippen LogP contribution < -0.4 is 0 Å². The molecule has 0 N–H and O–H groups in total. The maximum Gasteiger partial charge on any atom is 0.253 e. The molecular formula is C23H27N5O2. The predicted molar refractivity (Wildman–Crippen MR) is 114 cm³/mol. The highest BCUT2D eigenvalue weighted by Crippen LogP contribution is 2.44. The minimum atomic E-state index is -0.0426. The van der Waals surface area contributed by atoms with Crippen molar-refractivity contribution in [1.82, 2.24) is 24.5 Å². The van der Waals surface area contributed by atoms with Crippen molar-refractivity contribution in [3.8, 4) is 0 Å². The van der Waals surface area contributed by atoms with Crippen molar-refractivity contribution in [2.75, 3.05) is 13.1 Å². The average Bonchev–Trinajstić information content (AvgIpc) is 3.32. The number of benzene rings is 1. The SMILES string of the molecule is CC(C)n1ncc2c1C(=O)CC1(CCN(C(=O)c3ccc4c(cnn4C)c3)CC1)C2. The van der Waals surface area contributed by atoms with Gasteiger partial charge >= 0.3 is 0 Å². The van der Waals surface area contributed by atoms with Gasteiger partial charge in [0, 0.05) is 49.1 Å². The van der Waals surface area contributed by atoms with Crippen LogP contribution in [0, 0.1) is 5.41 Å². The van der Waals surface area contributed by atoms with E-state index in [-0.39, 0.29) is 23.1 Å². The minimum absolute atomic E-state index is 0.0426. The first-order chi connectivity index (χ1) is 14.4. The fraction of sp³-hybridized carbons (Fsp3) is 0.478. The van der Waals surface area contributed by atoms with Gasteiger partial charge in [0.1, 0.15) is 5.69 Å². The summed E-state index contributed by atoms with van der Waals surface area (Å²) < 4.78 is 3.67. The molecule has 2 aliphatic rings. The Morgan fingerprint density at radius 2 is 1.87 bits per heavy atom. The molecule has 3 aromatic rings. The lowest BCUT2D eigenvalue weighted by atomic mass is 9.67. The Morgan fingerprint density at radius 1 is 1.10 bits per heavy atom. The smallest absolute Gasteiger partial charge is 0.253 e. The van der Waals surface area contributed by atoms with Crippen LogP contribution in [-0.2, 0) is 13.5 Å². The summed E-state index contributed by atoms with van der Waals surface area (Å²) in [5.74, 6) is 0.260. The van der Waals surface area contributed by atoms with Gasteiger partial charge in [-0.25, -0.2) is 0 Å².